The average molecular weight is 173 g/mol. The van der Waals surface area contributed by atoms with Crippen LogP contribution in [-0.4, -0.2) is 5.71 Å². The number of hydrogen-bond acceptors (Lipinski definition) is 1. The fraction of sp³-hybridized carbons (Fsp3) is 0.250. The van der Waals surface area contributed by atoms with Crippen LogP contribution in [0.1, 0.15) is 20.3 Å². The molecule has 0 N–H and O–H groups in total. The molecule has 0 amide bonds. The van der Waals surface area contributed by atoms with Gasteiger partial charge in [0, 0.05) is 6.20 Å². The van der Waals surface area contributed by atoms with Gasteiger partial charge < -0.3 is 0 Å². The lowest BCUT2D eigenvalue weighted by molar-refractivity contribution is 1.09. The van der Waals surface area contributed by atoms with Gasteiger partial charge in [0.05, 0.1) is 5.71 Å². The minimum atomic E-state index is 0.954. The Morgan fingerprint density at radius 1 is 1.46 bits per heavy atom. The summed E-state index contributed by atoms with van der Waals surface area (Å²) in [5.41, 5.74) is 3.21. The Bertz CT molecular complexity index is 314. The molecule has 13 heavy (non-hydrogen) atoms. The van der Waals surface area contributed by atoms with Crippen LogP contribution in [0.4, 0.5) is 0 Å². The third-order valence-electron chi connectivity index (χ3n) is 1.97. The highest BCUT2D eigenvalue weighted by Crippen LogP contribution is 2.07. The standard InChI is InChI=1S/C12H15N/c1-4-10(2)9-13-12-8-6-5-7-11(12)3/h5-9H,3-4H2,1-2H3. The molecule has 0 atom stereocenters. The molecule has 0 heterocycles. The first-order valence-corrected chi connectivity index (χ1v) is 4.51. The predicted octanol–water partition coefficient (Wildman–Crippen LogP) is 3.42. The minimum Gasteiger partial charge on any atom is -0.256 e. The molecule has 0 aliphatic heterocycles. The molecular formula is C12H15N. The normalized spacial score (nSPS) is 20.0. The smallest absolute Gasteiger partial charge is 0.0695 e. The van der Waals surface area contributed by atoms with Crippen molar-refractivity contribution in [3.8, 4) is 0 Å². The predicted molar refractivity (Wildman–Crippen MR) is 58.9 cm³/mol. The zero-order chi connectivity index (χ0) is 9.68. The fourth-order valence-corrected chi connectivity index (χ4v) is 0.908. The molecule has 0 saturated heterocycles. The Morgan fingerprint density at radius 3 is 2.77 bits per heavy atom. The number of hydrogen-bond donors (Lipinski definition) is 0. The first-order chi connectivity index (χ1) is 6.24. The lowest BCUT2D eigenvalue weighted by Gasteiger charge is -2.02. The number of nitrogens with zero attached hydrogens (tertiary/aromatic N) is 1. The van der Waals surface area contributed by atoms with Crippen molar-refractivity contribution in [3.05, 3.63) is 48.2 Å². The molecule has 1 heteroatoms. The van der Waals surface area contributed by atoms with E-state index < -0.39 is 0 Å². The van der Waals surface area contributed by atoms with Gasteiger partial charge in [-0.25, -0.2) is 0 Å². The van der Waals surface area contributed by atoms with Crippen molar-refractivity contribution in [2.75, 3.05) is 0 Å². The lowest BCUT2D eigenvalue weighted by Crippen LogP contribution is -1.97. The summed E-state index contributed by atoms with van der Waals surface area (Å²) in [6.45, 7) is 8.10. The molecule has 1 aliphatic rings. The van der Waals surface area contributed by atoms with Gasteiger partial charge in [0.2, 0.25) is 0 Å². The fourth-order valence-electron chi connectivity index (χ4n) is 0.908. The zero-order valence-corrected chi connectivity index (χ0v) is 8.25. The van der Waals surface area contributed by atoms with E-state index in [9.17, 15) is 0 Å². The highest BCUT2D eigenvalue weighted by molar-refractivity contribution is 6.11. The van der Waals surface area contributed by atoms with E-state index in [-0.39, 0.29) is 0 Å². The molecular weight excluding hydrogens is 158 g/mol. The zero-order valence-electron chi connectivity index (χ0n) is 8.25. The summed E-state index contributed by atoms with van der Waals surface area (Å²) in [5, 5.41) is 0. The van der Waals surface area contributed by atoms with Gasteiger partial charge >= 0.3 is 0 Å². The SMILES string of the molecule is C=C1C=CC=CC1=NC=C(C)CC. The highest BCUT2D eigenvalue weighted by atomic mass is 14.7. The van der Waals surface area contributed by atoms with Gasteiger partial charge in [-0.3, -0.25) is 4.99 Å². The Hall–Kier alpha value is -1.37. The lowest BCUT2D eigenvalue weighted by atomic mass is 10.1. The maximum Gasteiger partial charge on any atom is 0.0695 e. The van der Waals surface area contributed by atoms with Gasteiger partial charge in [0.1, 0.15) is 0 Å². The number of allylic oxidation sites excluding steroid dienone is 6. The maximum absolute atomic E-state index is 4.35. The van der Waals surface area contributed by atoms with E-state index in [4.69, 9.17) is 0 Å². The van der Waals surface area contributed by atoms with E-state index >= 15 is 0 Å². The first-order valence-electron chi connectivity index (χ1n) is 4.51. The molecule has 0 fully saturated rings. The van der Waals surface area contributed by atoms with Crippen LogP contribution in [0.2, 0.25) is 0 Å². The molecule has 1 rings (SSSR count). The van der Waals surface area contributed by atoms with Crippen molar-refractivity contribution in [1.82, 2.24) is 0 Å². The summed E-state index contributed by atoms with van der Waals surface area (Å²) in [7, 11) is 0. The van der Waals surface area contributed by atoms with E-state index in [1.807, 2.05) is 30.5 Å². The molecule has 68 valence electrons. The van der Waals surface area contributed by atoms with Crippen LogP contribution in [0.5, 0.6) is 0 Å². The van der Waals surface area contributed by atoms with Crippen LogP contribution >= 0.6 is 0 Å². The van der Waals surface area contributed by atoms with Gasteiger partial charge in [-0.2, -0.15) is 0 Å². The van der Waals surface area contributed by atoms with Crippen LogP contribution in [0, 0.1) is 0 Å². The third kappa shape index (κ3) is 2.86. The summed E-state index contributed by atoms with van der Waals surface area (Å²) >= 11 is 0. The Kier molecular flexibility index (Phi) is 3.44. The molecule has 0 spiro atoms. The van der Waals surface area contributed by atoms with E-state index in [1.165, 1.54) is 5.57 Å². The monoisotopic (exact) mass is 173 g/mol. The van der Waals surface area contributed by atoms with Gasteiger partial charge in [0.25, 0.3) is 0 Å². The van der Waals surface area contributed by atoms with Crippen molar-refractivity contribution in [2.45, 2.75) is 20.3 Å². The van der Waals surface area contributed by atoms with Crippen molar-refractivity contribution >= 4 is 5.71 Å². The van der Waals surface area contributed by atoms with Crippen LogP contribution in [0.3, 0.4) is 0 Å². The van der Waals surface area contributed by atoms with Crippen LogP contribution in [-0.2, 0) is 0 Å². The molecule has 0 unspecified atom stereocenters. The second-order valence-electron chi connectivity index (χ2n) is 3.09. The highest BCUT2D eigenvalue weighted by Gasteiger charge is 1.98. The van der Waals surface area contributed by atoms with Crippen molar-refractivity contribution in [3.63, 3.8) is 0 Å². The summed E-state index contributed by atoms with van der Waals surface area (Å²) in [6, 6.07) is 0. The second kappa shape index (κ2) is 4.61. The Morgan fingerprint density at radius 2 is 2.15 bits per heavy atom. The molecule has 0 radical (unpaired) electrons. The van der Waals surface area contributed by atoms with Gasteiger partial charge in [-0.05, 0) is 25.0 Å². The van der Waals surface area contributed by atoms with Crippen molar-refractivity contribution in [2.24, 2.45) is 4.99 Å². The number of rotatable bonds is 2. The van der Waals surface area contributed by atoms with E-state index in [0.717, 1.165) is 17.7 Å². The van der Waals surface area contributed by atoms with E-state index in [2.05, 4.69) is 25.4 Å². The summed E-state index contributed by atoms with van der Waals surface area (Å²) in [4.78, 5) is 4.35. The average Bonchev–Trinajstić information content (AvgIpc) is 2.16. The Balaban J connectivity index is 2.77. The summed E-state index contributed by atoms with van der Waals surface area (Å²) < 4.78 is 0. The van der Waals surface area contributed by atoms with Crippen molar-refractivity contribution < 1.29 is 0 Å². The van der Waals surface area contributed by atoms with Crippen LogP contribution < -0.4 is 0 Å². The van der Waals surface area contributed by atoms with Crippen LogP contribution in [0.25, 0.3) is 0 Å². The number of aliphatic imine (C=N–C) groups is 1. The summed E-state index contributed by atoms with van der Waals surface area (Å²) in [6.07, 6.45) is 10.8. The first kappa shape index (κ1) is 9.72. The third-order valence-corrected chi connectivity index (χ3v) is 1.97. The molecule has 0 bridgehead atoms. The van der Waals surface area contributed by atoms with Crippen LogP contribution in [0.15, 0.2) is 53.2 Å². The molecule has 0 saturated carbocycles. The van der Waals surface area contributed by atoms with Gasteiger partial charge in [-0.1, -0.05) is 37.3 Å². The Labute approximate surface area is 79.9 Å². The molecule has 0 aromatic rings. The maximum atomic E-state index is 4.35. The molecule has 1 aliphatic carbocycles. The van der Waals surface area contributed by atoms with Gasteiger partial charge in [0.15, 0.2) is 0 Å². The quantitative estimate of drug-likeness (QED) is 0.606. The minimum absolute atomic E-state index is 0.954. The van der Waals surface area contributed by atoms with Crippen molar-refractivity contribution in [1.29, 1.82) is 0 Å². The topological polar surface area (TPSA) is 12.4 Å². The van der Waals surface area contributed by atoms with E-state index in [0.29, 0.717) is 0 Å². The van der Waals surface area contributed by atoms with Gasteiger partial charge in [-0.15, -0.1) is 0 Å². The second-order valence-corrected chi connectivity index (χ2v) is 3.09. The summed E-state index contributed by atoms with van der Waals surface area (Å²) in [5.74, 6) is 0. The molecule has 1 nitrogen and oxygen atoms in total. The largest absolute Gasteiger partial charge is 0.256 e. The van der Waals surface area contributed by atoms with E-state index in [1.54, 1.807) is 0 Å². The molecule has 0 aromatic heterocycles. The molecule has 0 aromatic carbocycles.